The molecule has 1 amide bonds. The third-order valence-electron chi connectivity index (χ3n) is 4.42. The lowest BCUT2D eigenvalue weighted by atomic mass is 10.2. The van der Waals surface area contributed by atoms with Gasteiger partial charge >= 0.3 is 5.97 Å². The van der Waals surface area contributed by atoms with Crippen LogP contribution in [0.1, 0.15) is 31.1 Å². The molecule has 1 aliphatic rings. The SMILES string of the molecule is CCOC(=O)c1ccccc1NC(=O)CSc1cc(N2CC(C)OC(C)C2)ncn1. The van der Waals surface area contributed by atoms with Gasteiger partial charge in [0.25, 0.3) is 0 Å². The third kappa shape index (κ3) is 5.93. The quantitative estimate of drug-likeness (QED) is 0.407. The first kappa shape index (κ1) is 22.0. The Bertz CT molecular complexity index is 885. The molecule has 8 nitrogen and oxygen atoms in total. The maximum atomic E-state index is 12.4. The van der Waals surface area contributed by atoms with E-state index in [1.807, 2.05) is 19.9 Å². The van der Waals surface area contributed by atoms with Crippen LogP contribution in [0.2, 0.25) is 0 Å². The van der Waals surface area contributed by atoms with Gasteiger partial charge in [-0.3, -0.25) is 4.79 Å². The zero-order valence-corrected chi connectivity index (χ0v) is 18.1. The number of hydrogen-bond donors (Lipinski definition) is 1. The largest absolute Gasteiger partial charge is 0.462 e. The molecule has 1 fully saturated rings. The molecule has 2 atom stereocenters. The summed E-state index contributed by atoms with van der Waals surface area (Å²) in [5, 5.41) is 3.49. The van der Waals surface area contributed by atoms with E-state index in [4.69, 9.17) is 9.47 Å². The maximum Gasteiger partial charge on any atom is 0.340 e. The summed E-state index contributed by atoms with van der Waals surface area (Å²) < 4.78 is 10.8. The molecular weight excluding hydrogens is 404 g/mol. The minimum atomic E-state index is -0.463. The molecule has 2 aromatic rings. The average molecular weight is 431 g/mol. The summed E-state index contributed by atoms with van der Waals surface area (Å²) in [6.45, 7) is 7.61. The van der Waals surface area contributed by atoms with Gasteiger partial charge < -0.3 is 19.7 Å². The van der Waals surface area contributed by atoms with Crippen molar-refractivity contribution in [1.29, 1.82) is 0 Å². The lowest BCUT2D eigenvalue weighted by molar-refractivity contribution is -0.113. The Kier molecular flexibility index (Phi) is 7.64. The first-order chi connectivity index (χ1) is 14.5. The lowest BCUT2D eigenvalue weighted by Crippen LogP contribution is -2.45. The Morgan fingerprint density at radius 2 is 1.97 bits per heavy atom. The van der Waals surface area contributed by atoms with E-state index in [1.54, 1.807) is 31.2 Å². The fourth-order valence-corrected chi connectivity index (χ4v) is 3.91. The van der Waals surface area contributed by atoms with Crippen LogP contribution in [-0.2, 0) is 14.3 Å². The molecule has 1 N–H and O–H groups in total. The highest BCUT2D eigenvalue weighted by molar-refractivity contribution is 7.99. The highest BCUT2D eigenvalue weighted by Gasteiger charge is 2.23. The number of aromatic nitrogens is 2. The van der Waals surface area contributed by atoms with Crippen LogP contribution in [0.5, 0.6) is 0 Å². The van der Waals surface area contributed by atoms with Crippen molar-refractivity contribution < 1.29 is 19.1 Å². The Balaban J connectivity index is 1.60. The maximum absolute atomic E-state index is 12.4. The number of esters is 1. The normalized spacial score (nSPS) is 18.7. The topological polar surface area (TPSA) is 93.7 Å². The van der Waals surface area contributed by atoms with Crippen molar-refractivity contribution in [1.82, 2.24) is 9.97 Å². The van der Waals surface area contributed by atoms with Crippen LogP contribution in [0.3, 0.4) is 0 Å². The van der Waals surface area contributed by atoms with E-state index >= 15 is 0 Å². The molecule has 0 saturated carbocycles. The number of rotatable bonds is 7. The predicted molar refractivity (Wildman–Crippen MR) is 116 cm³/mol. The number of nitrogens with zero attached hydrogens (tertiary/aromatic N) is 3. The molecule has 0 radical (unpaired) electrons. The summed E-state index contributed by atoms with van der Waals surface area (Å²) in [5.74, 6) is 0.285. The number of ether oxygens (including phenoxy) is 2. The van der Waals surface area contributed by atoms with Gasteiger partial charge in [-0.15, -0.1) is 0 Å². The minimum Gasteiger partial charge on any atom is -0.462 e. The molecule has 30 heavy (non-hydrogen) atoms. The van der Waals surface area contributed by atoms with Gasteiger partial charge in [-0.2, -0.15) is 0 Å². The number of benzene rings is 1. The lowest BCUT2D eigenvalue weighted by Gasteiger charge is -2.36. The number of hydrogen-bond acceptors (Lipinski definition) is 8. The number of thioether (sulfide) groups is 1. The molecule has 0 bridgehead atoms. The van der Waals surface area contributed by atoms with Crippen LogP contribution >= 0.6 is 11.8 Å². The molecule has 1 aromatic carbocycles. The fourth-order valence-electron chi connectivity index (χ4n) is 3.25. The van der Waals surface area contributed by atoms with E-state index in [-0.39, 0.29) is 30.5 Å². The van der Waals surface area contributed by atoms with Gasteiger partial charge in [-0.25, -0.2) is 14.8 Å². The van der Waals surface area contributed by atoms with Crippen molar-refractivity contribution in [2.24, 2.45) is 0 Å². The monoisotopic (exact) mass is 430 g/mol. The third-order valence-corrected chi connectivity index (χ3v) is 5.34. The van der Waals surface area contributed by atoms with Gasteiger partial charge in [0.2, 0.25) is 5.91 Å². The smallest absolute Gasteiger partial charge is 0.340 e. The van der Waals surface area contributed by atoms with Crippen LogP contribution in [0.25, 0.3) is 0 Å². The van der Waals surface area contributed by atoms with Gasteiger partial charge in [0.1, 0.15) is 17.2 Å². The second kappa shape index (κ2) is 10.4. The van der Waals surface area contributed by atoms with Crippen LogP contribution in [0.15, 0.2) is 41.7 Å². The number of anilines is 2. The second-order valence-electron chi connectivity index (χ2n) is 6.98. The summed E-state index contributed by atoms with van der Waals surface area (Å²) in [5.41, 5.74) is 0.763. The number of nitrogens with one attached hydrogen (secondary N) is 1. The summed E-state index contributed by atoms with van der Waals surface area (Å²) >= 11 is 1.31. The molecule has 3 rings (SSSR count). The number of amides is 1. The van der Waals surface area contributed by atoms with Gasteiger partial charge in [0, 0.05) is 19.2 Å². The van der Waals surface area contributed by atoms with Crippen molar-refractivity contribution in [2.45, 2.75) is 38.0 Å². The van der Waals surface area contributed by atoms with Crippen LogP contribution in [-0.4, -0.2) is 59.5 Å². The number of para-hydroxylation sites is 1. The van der Waals surface area contributed by atoms with Crippen molar-refractivity contribution in [3.8, 4) is 0 Å². The van der Waals surface area contributed by atoms with Crippen LogP contribution in [0.4, 0.5) is 11.5 Å². The molecule has 160 valence electrons. The van der Waals surface area contributed by atoms with Gasteiger partial charge in [-0.05, 0) is 32.9 Å². The van der Waals surface area contributed by atoms with Gasteiger partial charge in [0.15, 0.2) is 0 Å². The van der Waals surface area contributed by atoms with Gasteiger partial charge in [-0.1, -0.05) is 23.9 Å². The molecular formula is C21H26N4O4S. The Morgan fingerprint density at radius 3 is 2.70 bits per heavy atom. The second-order valence-corrected chi connectivity index (χ2v) is 7.98. The number of carbonyl (C=O) groups is 2. The van der Waals surface area contributed by atoms with Crippen molar-refractivity contribution >= 4 is 35.1 Å². The van der Waals surface area contributed by atoms with Crippen LogP contribution in [0, 0.1) is 0 Å². The van der Waals surface area contributed by atoms with Crippen LogP contribution < -0.4 is 10.2 Å². The van der Waals surface area contributed by atoms with Crippen molar-refractivity contribution in [3.05, 3.63) is 42.2 Å². The molecule has 1 aliphatic heterocycles. The average Bonchev–Trinajstić information content (AvgIpc) is 2.72. The first-order valence-electron chi connectivity index (χ1n) is 9.87. The first-order valence-corrected chi connectivity index (χ1v) is 10.9. The van der Waals surface area contributed by atoms with E-state index < -0.39 is 5.97 Å². The zero-order chi connectivity index (χ0) is 21.5. The standard InChI is InChI=1S/C21H26N4O4S/c1-4-28-21(27)16-7-5-6-8-17(16)24-19(26)12-30-20-9-18(22-13-23-20)25-10-14(2)29-15(3)11-25/h5-9,13-15H,4,10-12H2,1-3H3,(H,24,26). The highest BCUT2D eigenvalue weighted by atomic mass is 32.2. The minimum absolute atomic E-state index is 0.130. The Hall–Kier alpha value is -2.65. The Morgan fingerprint density at radius 1 is 1.23 bits per heavy atom. The molecule has 2 heterocycles. The number of carbonyl (C=O) groups excluding carboxylic acids is 2. The summed E-state index contributed by atoms with van der Waals surface area (Å²) in [4.78, 5) is 35.3. The summed E-state index contributed by atoms with van der Waals surface area (Å²) in [7, 11) is 0. The van der Waals surface area contributed by atoms with Gasteiger partial charge in [0.05, 0.1) is 35.8 Å². The molecule has 1 saturated heterocycles. The van der Waals surface area contributed by atoms with E-state index in [1.165, 1.54) is 18.1 Å². The molecule has 9 heteroatoms. The van der Waals surface area contributed by atoms with Crippen molar-refractivity contribution in [3.63, 3.8) is 0 Å². The molecule has 0 spiro atoms. The van der Waals surface area contributed by atoms with Crippen molar-refractivity contribution in [2.75, 3.05) is 35.7 Å². The number of morpholine rings is 1. The van der Waals surface area contributed by atoms with E-state index in [9.17, 15) is 9.59 Å². The van der Waals surface area contributed by atoms with E-state index in [2.05, 4.69) is 20.2 Å². The summed E-state index contributed by atoms with van der Waals surface area (Å²) in [6, 6.07) is 8.67. The predicted octanol–water partition coefficient (Wildman–Crippen LogP) is 3.00. The fraction of sp³-hybridized carbons (Fsp3) is 0.429. The van der Waals surface area contributed by atoms with E-state index in [0.717, 1.165) is 18.9 Å². The zero-order valence-electron chi connectivity index (χ0n) is 17.3. The Labute approximate surface area is 180 Å². The molecule has 2 unspecified atom stereocenters. The highest BCUT2D eigenvalue weighted by Crippen LogP contribution is 2.23. The molecule has 0 aliphatic carbocycles. The summed E-state index contributed by atoms with van der Waals surface area (Å²) in [6.07, 6.45) is 1.77. The van der Waals surface area contributed by atoms with E-state index in [0.29, 0.717) is 16.3 Å². The molecule has 1 aromatic heterocycles.